The van der Waals surface area contributed by atoms with Gasteiger partial charge in [0.05, 0.1) is 46.4 Å². The number of rotatable bonds is 17. The second-order valence-electron chi connectivity index (χ2n) is 9.60. The second-order valence-corrected chi connectivity index (χ2v) is 13.8. The van der Waals surface area contributed by atoms with E-state index in [1.54, 1.807) is 12.1 Å². The Labute approximate surface area is 264 Å². The van der Waals surface area contributed by atoms with Gasteiger partial charge >= 0.3 is 5.97 Å². The molecule has 0 aliphatic carbocycles. The number of carbonyl (C=O) groups excluding carboxylic acids is 2. The van der Waals surface area contributed by atoms with Crippen LogP contribution in [0.2, 0.25) is 10.0 Å². The fourth-order valence-corrected chi connectivity index (χ4v) is 7.60. The number of halogens is 2. The third-order valence-corrected chi connectivity index (χ3v) is 11.0. The SMILES string of the molecule is C/C=C\CCCCOC(=O)CC(/C=N/OCC(=O)NC(P)(CC)CCCC)=C1/Sc2c(Cl)ccc(Cl)c2SC1CO. The van der Waals surface area contributed by atoms with Crippen molar-refractivity contribution in [3.05, 3.63) is 44.8 Å². The Morgan fingerprint density at radius 1 is 1.20 bits per heavy atom. The maximum atomic E-state index is 12.8. The number of aliphatic hydroxyl groups excluding tert-OH is 1. The molecule has 2 rings (SSSR count). The van der Waals surface area contributed by atoms with Gasteiger partial charge in [-0.05, 0) is 56.7 Å². The van der Waals surface area contributed by atoms with E-state index >= 15 is 0 Å². The molecule has 0 aromatic heterocycles. The number of unbranched alkanes of at least 4 members (excludes halogenated alkanes) is 3. The van der Waals surface area contributed by atoms with E-state index in [-0.39, 0.29) is 30.8 Å². The van der Waals surface area contributed by atoms with Crippen LogP contribution in [0.4, 0.5) is 0 Å². The van der Waals surface area contributed by atoms with Crippen LogP contribution in [-0.2, 0) is 19.2 Å². The third-order valence-electron chi connectivity index (χ3n) is 6.34. The summed E-state index contributed by atoms with van der Waals surface area (Å²) in [5, 5.41) is 17.5. The molecule has 1 heterocycles. The van der Waals surface area contributed by atoms with Gasteiger partial charge in [-0.2, -0.15) is 0 Å². The van der Waals surface area contributed by atoms with Crippen LogP contribution in [0.1, 0.15) is 72.1 Å². The summed E-state index contributed by atoms with van der Waals surface area (Å²) in [5.74, 6) is -0.701. The monoisotopic (exact) mass is 662 g/mol. The summed E-state index contributed by atoms with van der Waals surface area (Å²) >= 11 is 15.6. The van der Waals surface area contributed by atoms with Crippen LogP contribution >= 0.6 is 56.0 Å². The first-order valence-electron chi connectivity index (χ1n) is 13.9. The number of hydrogen-bond donors (Lipinski definition) is 2. The summed E-state index contributed by atoms with van der Waals surface area (Å²) in [6.45, 7) is 5.96. The van der Waals surface area contributed by atoms with Crippen LogP contribution in [0.15, 0.2) is 49.7 Å². The van der Waals surface area contributed by atoms with Gasteiger partial charge in [0.1, 0.15) is 0 Å². The minimum Gasteiger partial charge on any atom is -0.465 e. The van der Waals surface area contributed by atoms with Crippen molar-refractivity contribution >= 4 is 74.1 Å². The molecule has 7 nitrogen and oxygen atoms in total. The largest absolute Gasteiger partial charge is 0.465 e. The van der Waals surface area contributed by atoms with Gasteiger partial charge in [-0.15, -0.1) is 21.0 Å². The highest BCUT2D eigenvalue weighted by Crippen LogP contribution is 2.53. The van der Waals surface area contributed by atoms with Crippen molar-refractivity contribution in [2.24, 2.45) is 5.16 Å². The van der Waals surface area contributed by atoms with Gasteiger partial charge in [-0.1, -0.05) is 79.0 Å². The zero-order valence-electron chi connectivity index (χ0n) is 23.9. The highest BCUT2D eigenvalue weighted by Gasteiger charge is 2.31. The maximum absolute atomic E-state index is 12.8. The number of carbonyl (C=O) groups is 2. The number of allylic oxidation sites excluding steroid dienone is 2. The molecule has 0 radical (unpaired) electrons. The normalized spacial score (nSPS) is 17.8. The van der Waals surface area contributed by atoms with E-state index in [9.17, 15) is 14.7 Å². The van der Waals surface area contributed by atoms with Crippen LogP contribution in [0.5, 0.6) is 0 Å². The summed E-state index contributed by atoms with van der Waals surface area (Å²) in [7, 11) is 2.74. The van der Waals surface area contributed by atoms with Gasteiger partial charge in [-0.25, -0.2) is 0 Å². The molecule has 3 atom stereocenters. The van der Waals surface area contributed by atoms with Crippen molar-refractivity contribution in [3.8, 4) is 0 Å². The number of hydrogen-bond acceptors (Lipinski definition) is 8. The lowest BCUT2D eigenvalue weighted by atomic mass is 10.1. The van der Waals surface area contributed by atoms with Gasteiger partial charge in [0.15, 0.2) is 6.61 Å². The Balaban J connectivity index is 2.20. The smallest absolute Gasteiger partial charge is 0.310 e. The van der Waals surface area contributed by atoms with Crippen LogP contribution in [0.25, 0.3) is 0 Å². The van der Waals surface area contributed by atoms with Crippen LogP contribution in [-0.4, -0.2) is 53.5 Å². The van der Waals surface area contributed by atoms with Gasteiger partial charge < -0.3 is 20.0 Å². The summed E-state index contributed by atoms with van der Waals surface area (Å²) in [6, 6.07) is 3.44. The number of esters is 1. The predicted octanol–water partition coefficient (Wildman–Crippen LogP) is 7.78. The molecule has 0 fully saturated rings. The number of nitrogens with one attached hydrogen (secondary N) is 1. The van der Waals surface area contributed by atoms with E-state index in [4.69, 9.17) is 32.8 Å². The summed E-state index contributed by atoms with van der Waals surface area (Å²) in [5.41, 5.74) is 0.513. The van der Waals surface area contributed by atoms with E-state index < -0.39 is 11.2 Å². The average Bonchev–Trinajstić information content (AvgIpc) is 2.96. The van der Waals surface area contributed by atoms with Crippen LogP contribution < -0.4 is 5.32 Å². The molecule has 0 bridgehead atoms. The average molecular weight is 664 g/mol. The topological polar surface area (TPSA) is 97.2 Å². The summed E-state index contributed by atoms with van der Waals surface area (Å²) in [6.07, 6.45) is 11.7. The molecule has 228 valence electrons. The molecule has 2 N–H and O–H groups in total. The molecule has 1 aliphatic heterocycles. The molecule has 12 heteroatoms. The van der Waals surface area contributed by atoms with Crippen molar-refractivity contribution in [1.82, 2.24) is 5.32 Å². The van der Waals surface area contributed by atoms with Gasteiger partial charge in [0.25, 0.3) is 5.91 Å². The third kappa shape index (κ3) is 12.1. The number of oxime groups is 1. The molecule has 1 aliphatic rings. The van der Waals surface area contributed by atoms with E-state index in [2.05, 4.69) is 32.7 Å². The lowest BCUT2D eigenvalue weighted by molar-refractivity contribution is -0.142. The number of ether oxygens (including phenoxy) is 1. The van der Waals surface area contributed by atoms with Crippen molar-refractivity contribution in [2.45, 2.75) is 92.5 Å². The quantitative estimate of drug-likeness (QED) is 0.0439. The molecule has 0 saturated carbocycles. The number of benzene rings is 1. The number of amides is 1. The fraction of sp³-hybridized carbons (Fsp3) is 0.552. The maximum Gasteiger partial charge on any atom is 0.310 e. The minimum absolute atomic E-state index is 0.0810. The molecule has 0 saturated heterocycles. The zero-order chi connectivity index (χ0) is 30.3. The fourth-order valence-electron chi connectivity index (χ4n) is 3.93. The molecular formula is C29H41Cl2N2O5PS2. The van der Waals surface area contributed by atoms with E-state index in [0.717, 1.165) is 54.7 Å². The Kier molecular flexibility index (Phi) is 16.8. The second kappa shape index (κ2) is 19.1. The van der Waals surface area contributed by atoms with E-state index in [1.165, 1.54) is 29.7 Å². The predicted molar refractivity (Wildman–Crippen MR) is 175 cm³/mol. The minimum atomic E-state index is -0.417. The standard InChI is InChI=1S/C29H41Cl2N2O5PS2/c1-4-7-9-10-11-15-37-25(36)16-20(17-32-38-19-24(35)33-29(39,6-3)14-8-5-2)26-23(18-34)40-27-21(30)12-13-22(31)28(27)41-26/h4,7,12-13,17,23,34H,5-6,8-11,14-16,18-19,39H2,1-3H3,(H,33,35)/b7-4-,26-20-,32-17+. The summed E-state index contributed by atoms with van der Waals surface area (Å²) < 4.78 is 5.48. The highest BCUT2D eigenvalue weighted by molar-refractivity contribution is 8.09. The van der Waals surface area contributed by atoms with E-state index in [1.807, 2.05) is 19.9 Å². The summed E-state index contributed by atoms with van der Waals surface area (Å²) in [4.78, 5) is 32.9. The number of nitrogens with zero attached hydrogens (tertiary/aromatic N) is 1. The zero-order valence-corrected chi connectivity index (χ0v) is 28.2. The Hall–Kier alpha value is -1.22. The van der Waals surface area contributed by atoms with Gasteiger partial charge in [-0.3, -0.25) is 9.59 Å². The molecule has 1 aromatic carbocycles. The Bertz CT molecular complexity index is 1120. The molecule has 41 heavy (non-hydrogen) atoms. The molecule has 1 amide bonds. The van der Waals surface area contributed by atoms with Crippen molar-refractivity contribution < 1.29 is 24.3 Å². The lowest BCUT2D eigenvalue weighted by Gasteiger charge is -2.29. The number of thioether (sulfide) groups is 2. The highest BCUT2D eigenvalue weighted by atomic mass is 35.5. The van der Waals surface area contributed by atoms with Crippen molar-refractivity contribution in [1.29, 1.82) is 0 Å². The van der Waals surface area contributed by atoms with Crippen LogP contribution in [0.3, 0.4) is 0 Å². The first kappa shape index (κ1) is 36.0. The van der Waals surface area contributed by atoms with Gasteiger partial charge in [0, 0.05) is 14.7 Å². The molecule has 3 unspecified atom stereocenters. The molecule has 1 aromatic rings. The molecule has 0 spiro atoms. The first-order valence-corrected chi connectivity index (χ1v) is 16.9. The molecular weight excluding hydrogens is 622 g/mol. The van der Waals surface area contributed by atoms with E-state index in [0.29, 0.717) is 27.1 Å². The number of aliphatic hydroxyl groups is 1. The number of fused-ring (bicyclic) bond motifs is 1. The Morgan fingerprint density at radius 3 is 2.59 bits per heavy atom. The van der Waals surface area contributed by atoms with Crippen LogP contribution in [0, 0.1) is 0 Å². The first-order chi connectivity index (χ1) is 19.7. The Morgan fingerprint density at radius 2 is 1.93 bits per heavy atom. The van der Waals surface area contributed by atoms with Gasteiger partial charge in [0.2, 0.25) is 0 Å². The lowest BCUT2D eigenvalue weighted by Crippen LogP contribution is -2.44. The van der Waals surface area contributed by atoms with Crippen molar-refractivity contribution in [2.75, 3.05) is 19.8 Å². The van der Waals surface area contributed by atoms with Crippen molar-refractivity contribution in [3.63, 3.8) is 0 Å².